The molecular formula is C21H22F2N4O4. The fourth-order valence-electron chi connectivity index (χ4n) is 2.97. The highest BCUT2D eigenvalue weighted by atomic mass is 19.1. The largest absolute Gasteiger partial charge is 0.494 e. The zero-order valence-electron chi connectivity index (χ0n) is 17.1. The number of benzene rings is 1. The summed E-state index contributed by atoms with van der Waals surface area (Å²) in [6.45, 7) is -0.276. The molecule has 1 aromatic carbocycles. The van der Waals surface area contributed by atoms with Crippen LogP contribution in [0.2, 0.25) is 0 Å². The second kappa shape index (κ2) is 10.1. The first-order chi connectivity index (χ1) is 15.0. The van der Waals surface area contributed by atoms with Gasteiger partial charge >= 0.3 is 0 Å². The lowest BCUT2D eigenvalue weighted by Crippen LogP contribution is -2.24. The maximum Gasteiger partial charge on any atom is 0.255 e. The van der Waals surface area contributed by atoms with Gasteiger partial charge in [-0.05, 0) is 11.6 Å². The monoisotopic (exact) mass is 432 g/mol. The number of carbonyl (C=O) groups is 1. The van der Waals surface area contributed by atoms with Crippen LogP contribution in [0, 0.1) is 11.6 Å². The number of aliphatic hydroxyl groups excluding tert-OH is 1. The summed E-state index contributed by atoms with van der Waals surface area (Å²) < 4.78 is 39.9. The quantitative estimate of drug-likeness (QED) is 0.538. The summed E-state index contributed by atoms with van der Waals surface area (Å²) in [4.78, 5) is 16.6. The van der Waals surface area contributed by atoms with Crippen molar-refractivity contribution in [3.8, 4) is 5.75 Å². The summed E-state index contributed by atoms with van der Waals surface area (Å²) in [5.41, 5.74) is 1.40. The number of rotatable bonds is 9. The first kappa shape index (κ1) is 22.3. The van der Waals surface area contributed by atoms with Gasteiger partial charge in [-0.2, -0.15) is 5.10 Å². The average molecular weight is 432 g/mol. The van der Waals surface area contributed by atoms with Crippen LogP contribution in [0.15, 0.2) is 36.7 Å². The molecule has 0 radical (unpaired) electrons. The molecule has 0 bridgehead atoms. The number of amides is 1. The SMILES string of the molecule is COCc1nn(Cc2ccc(CO)cc2F)cc1C(=O)NCc1nccc(OC)c1F. The van der Waals surface area contributed by atoms with E-state index < -0.39 is 17.5 Å². The van der Waals surface area contributed by atoms with Crippen molar-refractivity contribution >= 4 is 5.91 Å². The number of hydrogen-bond donors (Lipinski definition) is 2. The number of nitrogens with zero attached hydrogens (tertiary/aromatic N) is 3. The van der Waals surface area contributed by atoms with Crippen molar-refractivity contribution in [2.45, 2.75) is 26.3 Å². The molecular weight excluding hydrogens is 410 g/mol. The zero-order chi connectivity index (χ0) is 22.4. The van der Waals surface area contributed by atoms with Gasteiger partial charge in [0, 0.05) is 31.1 Å². The van der Waals surface area contributed by atoms with Gasteiger partial charge in [0.15, 0.2) is 11.6 Å². The van der Waals surface area contributed by atoms with E-state index in [9.17, 15) is 13.6 Å². The van der Waals surface area contributed by atoms with Crippen molar-refractivity contribution < 1.29 is 28.2 Å². The van der Waals surface area contributed by atoms with Gasteiger partial charge in [-0.15, -0.1) is 0 Å². The molecule has 31 heavy (non-hydrogen) atoms. The first-order valence-electron chi connectivity index (χ1n) is 9.35. The van der Waals surface area contributed by atoms with Crippen molar-refractivity contribution in [2.75, 3.05) is 14.2 Å². The van der Waals surface area contributed by atoms with E-state index in [4.69, 9.17) is 14.6 Å². The topological polar surface area (TPSA) is 98.5 Å². The van der Waals surface area contributed by atoms with Crippen LogP contribution >= 0.6 is 0 Å². The third-order valence-electron chi connectivity index (χ3n) is 4.56. The summed E-state index contributed by atoms with van der Waals surface area (Å²) in [6, 6.07) is 5.79. The molecule has 0 atom stereocenters. The summed E-state index contributed by atoms with van der Waals surface area (Å²) in [5.74, 6) is -1.61. The van der Waals surface area contributed by atoms with Crippen molar-refractivity contribution in [2.24, 2.45) is 0 Å². The Kier molecular flexibility index (Phi) is 7.27. The number of methoxy groups -OCH3 is 2. The summed E-state index contributed by atoms with van der Waals surface area (Å²) in [6.07, 6.45) is 2.85. The van der Waals surface area contributed by atoms with Gasteiger partial charge in [0.1, 0.15) is 11.5 Å². The molecule has 3 rings (SSSR count). The van der Waals surface area contributed by atoms with E-state index in [1.165, 1.54) is 43.4 Å². The van der Waals surface area contributed by atoms with Gasteiger partial charge in [0.25, 0.3) is 5.91 Å². The Hall–Kier alpha value is -3.37. The summed E-state index contributed by atoms with van der Waals surface area (Å²) >= 11 is 0. The molecule has 0 saturated carbocycles. The number of ether oxygens (including phenoxy) is 2. The number of aromatic nitrogens is 3. The molecule has 0 aliphatic heterocycles. The predicted octanol–water partition coefficient (Wildman–Crippen LogP) is 2.18. The van der Waals surface area contributed by atoms with Crippen LogP contribution in [0.3, 0.4) is 0 Å². The minimum atomic E-state index is -0.653. The highest BCUT2D eigenvalue weighted by Gasteiger charge is 2.18. The van der Waals surface area contributed by atoms with E-state index in [1.54, 1.807) is 12.1 Å². The number of aliphatic hydroxyl groups is 1. The molecule has 0 aliphatic rings. The minimum Gasteiger partial charge on any atom is -0.494 e. The molecule has 2 aromatic heterocycles. The van der Waals surface area contributed by atoms with Crippen LogP contribution in [0.5, 0.6) is 5.75 Å². The average Bonchev–Trinajstić information content (AvgIpc) is 3.17. The molecule has 0 saturated heterocycles. The fraction of sp³-hybridized carbons (Fsp3) is 0.286. The number of carbonyl (C=O) groups excluding carboxylic acids is 1. The Morgan fingerprint density at radius 3 is 2.71 bits per heavy atom. The van der Waals surface area contributed by atoms with Gasteiger partial charge in [-0.3, -0.25) is 14.5 Å². The number of halogens is 2. The van der Waals surface area contributed by atoms with Gasteiger partial charge in [-0.1, -0.05) is 12.1 Å². The van der Waals surface area contributed by atoms with Gasteiger partial charge in [0.2, 0.25) is 0 Å². The predicted molar refractivity (Wildman–Crippen MR) is 106 cm³/mol. The Labute approximate surface area is 177 Å². The Bertz CT molecular complexity index is 1070. The van der Waals surface area contributed by atoms with Gasteiger partial charge < -0.3 is 19.9 Å². The van der Waals surface area contributed by atoms with E-state index >= 15 is 0 Å². The lowest BCUT2D eigenvalue weighted by Gasteiger charge is -2.08. The Morgan fingerprint density at radius 1 is 1.23 bits per heavy atom. The van der Waals surface area contributed by atoms with Crippen molar-refractivity contribution in [3.05, 3.63) is 76.4 Å². The number of hydrogen-bond acceptors (Lipinski definition) is 6. The van der Waals surface area contributed by atoms with Crippen molar-refractivity contribution in [1.82, 2.24) is 20.1 Å². The molecule has 2 N–H and O–H groups in total. The third kappa shape index (κ3) is 5.22. The fourth-order valence-corrected chi connectivity index (χ4v) is 2.97. The Balaban J connectivity index is 1.77. The summed E-state index contributed by atoms with van der Waals surface area (Å²) in [7, 11) is 2.80. The molecule has 0 spiro atoms. The second-order valence-electron chi connectivity index (χ2n) is 6.66. The first-order valence-corrected chi connectivity index (χ1v) is 9.35. The van der Waals surface area contributed by atoms with Crippen molar-refractivity contribution in [1.29, 1.82) is 0 Å². The van der Waals surface area contributed by atoms with Crippen LogP contribution in [0.25, 0.3) is 0 Å². The van der Waals surface area contributed by atoms with E-state index in [2.05, 4.69) is 15.4 Å². The Morgan fingerprint density at radius 2 is 2.03 bits per heavy atom. The van der Waals surface area contributed by atoms with E-state index in [1.807, 2.05) is 0 Å². The minimum absolute atomic E-state index is 0.0272. The number of nitrogens with one attached hydrogen (secondary N) is 1. The zero-order valence-corrected chi connectivity index (χ0v) is 17.1. The van der Waals surface area contributed by atoms with E-state index in [-0.39, 0.29) is 43.3 Å². The van der Waals surface area contributed by atoms with Crippen molar-refractivity contribution in [3.63, 3.8) is 0 Å². The van der Waals surface area contributed by atoms with Crippen LogP contribution in [0.1, 0.15) is 32.9 Å². The second-order valence-corrected chi connectivity index (χ2v) is 6.66. The van der Waals surface area contributed by atoms with Crippen LogP contribution in [0.4, 0.5) is 8.78 Å². The smallest absolute Gasteiger partial charge is 0.255 e. The van der Waals surface area contributed by atoms with Crippen LogP contribution < -0.4 is 10.1 Å². The molecule has 10 heteroatoms. The van der Waals surface area contributed by atoms with Crippen LogP contribution in [-0.2, 0) is 31.0 Å². The lowest BCUT2D eigenvalue weighted by molar-refractivity contribution is 0.0945. The molecule has 0 unspecified atom stereocenters. The normalized spacial score (nSPS) is 10.9. The van der Waals surface area contributed by atoms with Gasteiger partial charge in [0.05, 0.1) is 44.7 Å². The molecule has 3 aromatic rings. The maximum absolute atomic E-state index is 14.2. The lowest BCUT2D eigenvalue weighted by atomic mass is 10.1. The number of pyridine rings is 1. The highest BCUT2D eigenvalue weighted by Crippen LogP contribution is 2.18. The van der Waals surface area contributed by atoms with E-state index in [0.717, 1.165) is 0 Å². The van der Waals surface area contributed by atoms with Crippen LogP contribution in [-0.4, -0.2) is 40.0 Å². The van der Waals surface area contributed by atoms with Gasteiger partial charge in [-0.25, -0.2) is 8.78 Å². The molecule has 2 heterocycles. The molecule has 0 fully saturated rings. The highest BCUT2D eigenvalue weighted by molar-refractivity contribution is 5.95. The molecule has 1 amide bonds. The molecule has 0 aliphatic carbocycles. The summed E-state index contributed by atoms with van der Waals surface area (Å²) in [5, 5.41) is 16.0. The van der Waals surface area contributed by atoms with E-state index in [0.29, 0.717) is 16.8 Å². The molecule has 164 valence electrons. The third-order valence-corrected chi connectivity index (χ3v) is 4.56. The maximum atomic E-state index is 14.2. The standard InChI is InChI=1S/C21H22F2N4O4/c1-30-12-18-15(21(29)25-8-17-20(23)19(31-2)5-6-24-17)10-27(26-18)9-14-4-3-13(11-28)7-16(14)22/h3-7,10,28H,8-9,11-12H2,1-2H3,(H,25,29). The molecule has 8 nitrogen and oxygen atoms in total.